The Balaban J connectivity index is 1.89. The number of benzene rings is 1. The summed E-state index contributed by atoms with van der Waals surface area (Å²) < 4.78 is 5.36. The Morgan fingerprint density at radius 2 is 2.26 bits per heavy atom. The molecule has 2 N–H and O–H groups in total. The molecule has 0 spiro atoms. The lowest BCUT2D eigenvalue weighted by atomic mass is 10.0. The summed E-state index contributed by atoms with van der Waals surface area (Å²) >= 11 is 12.0. The number of hydrogen-bond acceptors (Lipinski definition) is 3. The fraction of sp³-hybridized carbons (Fsp3) is 0.571. The highest BCUT2D eigenvalue weighted by Crippen LogP contribution is 2.26. The number of rotatable bonds is 5. The molecule has 106 valence electrons. The fourth-order valence-electron chi connectivity index (χ4n) is 2.29. The van der Waals surface area contributed by atoms with Crippen molar-refractivity contribution < 1.29 is 9.84 Å². The molecule has 0 saturated carbocycles. The molecule has 0 amide bonds. The van der Waals surface area contributed by atoms with Gasteiger partial charge in [0, 0.05) is 34.8 Å². The van der Waals surface area contributed by atoms with Gasteiger partial charge in [0.05, 0.1) is 12.7 Å². The van der Waals surface area contributed by atoms with Crippen LogP contribution in [0, 0.1) is 5.92 Å². The quantitative estimate of drug-likeness (QED) is 0.878. The topological polar surface area (TPSA) is 41.5 Å². The third-order valence-electron chi connectivity index (χ3n) is 3.62. The second kappa shape index (κ2) is 6.91. The summed E-state index contributed by atoms with van der Waals surface area (Å²) in [6, 6.07) is 5.44. The molecule has 19 heavy (non-hydrogen) atoms. The van der Waals surface area contributed by atoms with Gasteiger partial charge in [-0.15, -0.1) is 0 Å². The van der Waals surface area contributed by atoms with Gasteiger partial charge in [-0.1, -0.05) is 23.2 Å². The number of hydrogen-bond donors (Lipinski definition) is 2. The molecule has 1 aromatic carbocycles. The third kappa shape index (κ3) is 4.07. The molecule has 1 aromatic rings. The van der Waals surface area contributed by atoms with Crippen molar-refractivity contribution in [1.29, 1.82) is 0 Å². The fourth-order valence-corrected chi connectivity index (χ4v) is 2.72. The van der Waals surface area contributed by atoms with Gasteiger partial charge < -0.3 is 15.2 Å². The molecule has 3 unspecified atom stereocenters. The molecule has 3 atom stereocenters. The van der Waals surface area contributed by atoms with E-state index in [2.05, 4.69) is 12.2 Å². The molecule has 2 rings (SSSR count). The van der Waals surface area contributed by atoms with E-state index in [1.54, 1.807) is 18.2 Å². The van der Waals surface area contributed by atoms with E-state index in [-0.39, 0.29) is 0 Å². The van der Waals surface area contributed by atoms with Crippen LogP contribution < -0.4 is 5.32 Å². The SMILES string of the molecule is CC(NCC(O)c1cc(Cl)ccc1Cl)C1CCOC1. The molecular weight excluding hydrogens is 285 g/mol. The van der Waals surface area contributed by atoms with Crippen molar-refractivity contribution >= 4 is 23.2 Å². The van der Waals surface area contributed by atoms with Crippen LogP contribution in [0.5, 0.6) is 0 Å². The second-order valence-corrected chi connectivity index (χ2v) is 5.85. The van der Waals surface area contributed by atoms with Gasteiger partial charge in [-0.3, -0.25) is 0 Å². The summed E-state index contributed by atoms with van der Waals surface area (Å²) in [4.78, 5) is 0. The first-order valence-electron chi connectivity index (χ1n) is 6.52. The first-order valence-corrected chi connectivity index (χ1v) is 7.27. The van der Waals surface area contributed by atoms with Crippen molar-refractivity contribution in [1.82, 2.24) is 5.32 Å². The lowest BCUT2D eigenvalue weighted by molar-refractivity contribution is 0.156. The van der Waals surface area contributed by atoms with E-state index >= 15 is 0 Å². The highest BCUT2D eigenvalue weighted by molar-refractivity contribution is 6.33. The average molecular weight is 304 g/mol. The van der Waals surface area contributed by atoms with Crippen LogP contribution in [0.25, 0.3) is 0 Å². The standard InChI is InChI=1S/C14H19Cl2NO2/c1-9(10-4-5-19-8-10)17-7-14(18)12-6-11(15)2-3-13(12)16/h2-3,6,9-10,14,17-18H,4-5,7-8H2,1H3. The van der Waals surface area contributed by atoms with Crippen molar-refractivity contribution in [3.8, 4) is 0 Å². The molecule has 1 saturated heterocycles. The predicted molar refractivity (Wildman–Crippen MR) is 77.8 cm³/mol. The number of aliphatic hydroxyl groups excluding tert-OH is 1. The summed E-state index contributed by atoms with van der Waals surface area (Å²) in [5, 5.41) is 14.6. The van der Waals surface area contributed by atoms with Gasteiger partial charge in [-0.25, -0.2) is 0 Å². The van der Waals surface area contributed by atoms with Gasteiger partial charge in [0.25, 0.3) is 0 Å². The highest BCUT2D eigenvalue weighted by atomic mass is 35.5. The predicted octanol–water partition coefficient (Wildman–Crippen LogP) is 3.04. The Morgan fingerprint density at radius 1 is 1.47 bits per heavy atom. The second-order valence-electron chi connectivity index (χ2n) is 5.00. The molecule has 5 heteroatoms. The zero-order valence-corrected chi connectivity index (χ0v) is 12.4. The molecule has 1 heterocycles. The minimum Gasteiger partial charge on any atom is -0.387 e. The smallest absolute Gasteiger partial charge is 0.0929 e. The first kappa shape index (κ1) is 15.1. The Kier molecular flexibility index (Phi) is 5.48. The van der Waals surface area contributed by atoms with Gasteiger partial charge in [-0.2, -0.15) is 0 Å². The van der Waals surface area contributed by atoms with Crippen LogP contribution in [-0.2, 0) is 4.74 Å². The minimum atomic E-state index is -0.657. The van der Waals surface area contributed by atoms with Gasteiger partial charge in [0.15, 0.2) is 0 Å². The van der Waals surface area contributed by atoms with E-state index < -0.39 is 6.10 Å². The maximum Gasteiger partial charge on any atom is 0.0929 e. The molecular formula is C14H19Cl2NO2. The van der Waals surface area contributed by atoms with E-state index in [4.69, 9.17) is 27.9 Å². The Labute approximate surface area is 123 Å². The molecule has 0 bridgehead atoms. The Bertz CT molecular complexity index is 422. The zero-order chi connectivity index (χ0) is 13.8. The zero-order valence-electron chi connectivity index (χ0n) is 10.9. The van der Waals surface area contributed by atoms with Gasteiger partial charge in [0.2, 0.25) is 0 Å². The number of nitrogens with one attached hydrogen (secondary N) is 1. The largest absolute Gasteiger partial charge is 0.387 e. The maximum absolute atomic E-state index is 10.2. The van der Waals surface area contributed by atoms with E-state index in [9.17, 15) is 5.11 Å². The minimum absolute atomic E-state index is 0.315. The molecule has 3 nitrogen and oxygen atoms in total. The molecule has 1 fully saturated rings. The lowest BCUT2D eigenvalue weighted by Gasteiger charge is -2.22. The summed E-state index contributed by atoms with van der Waals surface area (Å²) in [7, 11) is 0. The number of aliphatic hydroxyl groups is 1. The highest BCUT2D eigenvalue weighted by Gasteiger charge is 2.23. The van der Waals surface area contributed by atoms with E-state index in [1.165, 1.54) is 0 Å². The molecule has 0 aliphatic carbocycles. The van der Waals surface area contributed by atoms with Crippen LogP contribution in [0.3, 0.4) is 0 Å². The van der Waals surface area contributed by atoms with Crippen molar-refractivity contribution in [3.05, 3.63) is 33.8 Å². The van der Waals surface area contributed by atoms with Crippen molar-refractivity contribution in [2.24, 2.45) is 5.92 Å². The Hall–Kier alpha value is -0.320. The number of ether oxygens (including phenoxy) is 1. The van der Waals surface area contributed by atoms with Gasteiger partial charge in [0.1, 0.15) is 0 Å². The molecule has 0 radical (unpaired) electrons. The van der Waals surface area contributed by atoms with Crippen LogP contribution in [0.1, 0.15) is 25.0 Å². The van der Waals surface area contributed by atoms with Crippen LogP contribution in [0.4, 0.5) is 0 Å². The Morgan fingerprint density at radius 3 is 2.95 bits per heavy atom. The van der Waals surface area contributed by atoms with Gasteiger partial charge >= 0.3 is 0 Å². The van der Waals surface area contributed by atoms with Crippen molar-refractivity contribution in [2.45, 2.75) is 25.5 Å². The van der Waals surface area contributed by atoms with E-state index in [0.717, 1.165) is 19.6 Å². The van der Waals surface area contributed by atoms with E-state index in [1.807, 2.05) is 0 Å². The monoisotopic (exact) mass is 303 g/mol. The first-order chi connectivity index (χ1) is 9.08. The van der Waals surface area contributed by atoms with Crippen molar-refractivity contribution in [3.63, 3.8) is 0 Å². The molecule has 1 aliphatic heterocycles. The summed E-state index contributed by atoms with van der Waals surface area (Å²) in [6.07, 6.45) is 0.415. The van der Waals surface area contributed by atoms with Crippen LogP contribution in [0.2, 0.25) is 10.0 Å². The summed E-state index contributed by atoms with van der Waals surface area (Å²) in [6.45, 7) is 4.20. The normalized spacial score (nSPS) is 22.4. The van der Waals surface area contributed by atoms with Crippen LogP contribution in [-0.4, -0.2) is 30.9 Å². The molecule has 0 aromatic heterocycles. The molecule has 1 aliphatic rings. The van der Waals surface area contributed by atoms with Crippen LogP contribution >= 0.6 is 23.2 Å². The third-order valence-corrected chi connectivity index (χ3v) is 4.20. The van der Waals surface area contributed by atoms with Crippen LogP contribution in [0.15, 0.2) is 18.2 Å². The maximum atomic E-state index is 10.2. The van der Waals surface area contributed by atoms with Gasteiger partial charge in [-0.05, 0) is 37.5 Å². The average Bonchev–Trinajstić information content (AvgIpc) is 2.92. The van der Waals surface area contributed by atoms with E-state index in [0.29, 0.717) is 34.1 Å². The summed E-state index contributed by atoms with van der Waals surface area (Å²) in [5.41, 5.74) is 0.663. The lowest BCUT2D eigenvalue weighted by Crippen LogP contribution is -2.36. The van der Waals surface area contributed by atoms with Crippen molar-refractivity contribution in [2.75, 3.05) is 19.8 Å². The number of halogens is 2. The summed E-state index contributed by atoms with van der Waals surface area (Å²) in [5.74, 6) is 0.516.